The molecule has 0 saturated heterocycles. The number of nitrogens with zero attached hydrogens (tertiary/aromatic N) is 2. The number of carboxylic acid groups (broad SMARTS) is 1. The lowest BCUT2D eigenvalue weighted by molar-refractivity contribution is -0.304. The number of hydrogen-bond acceptors (Lipinski definition) is 6. The maximum atomic E-state index is 11.2. The summed E-state index contributed by atoms with van der Waals surface area (Å²) in [5.41, 5.74) is 2.11. The van der Waals surface area contributed by atoms with Gasteiger partial charge in [0, 0.05) is 10.9 Å². The van der Waals surface area contributed by atoms with E-state index in [4.69, 9.17) is 0 Å². The van der Waals surface area contributed by atoms with Crippen molar-refractivity contribution in [3.8, 4) is 11.1 Å². The topological polar surface area (TPSA) is 65.9 Å². The lowest BCUT2D eigenvalue weighted by Gasteiger charge is -2.15. The number of rotatable bonds is 5. The number of carbonyl (C=O) groups is 1. The molecule has 6 heteroatoms. The Morgan fingerprint density at radius 1 is 1.32 bits per heavy atom. The molecular weight excluding hydrogens is 316 g/mol. The fraction of sp³-hybridized carbons (Fsp3) is 0.188. The molecule has 0 fully saturated rings. The Hall–Kier alpha value is -1.92. The third-order valence-electron chi connectivity index (χ3n) is 3.31. The molecule has 2 aromatic heterocycles. The SMILES string of the molecule is CC[C@@H](Sc1ncnc2scc(-c3ccccc3)c12)C(=O)[O-]. The maximum Gasteiger partial charge on any atom is 0.128 e. The fourth-order valence-corrected chi connectivity index (χ4v) is 4.15. The molecule has 2 heterocycles. The summed E-state index contributed by atoms with van der Waals surface area (Å²) in [6, 6.07) is 9.97. The van der Waals surface area contributed by atoms with Gasteiger partial charge in [0.15, 0.2) is 0 Å². The van der Waals surface area contributed by atoms with E-state index in [1.807, 2.05) is 42.6 Å². The molecule has 0 aliphatic heterocycles. The molecule has 4 nitrogen and oxygen atoms in total. The standard InChI is InChI=1S/C16H14N2O2S2/c1-2-12(16(19)20)22-15-13-11(10-6-4-3-5-7-10)8-21-14(13)17-9-18-15/h3-9,12H,2H2,1H3,(H,19,20)/p-1/t12-/m1/s1. The van der Waals surface area contributed by atoms with Gasteiger partial charge < -0.3 is 9.90 Å². The van der Waals surface area contributed by atoms with Gasteiger partial charge in [0.2, 0.25) is 0 Å². The van der Waals surface area contributed by atoms with Crippen molar-refractivity contribution in [1.29, 1.82) is 0 Å². The molecular formula is C16H13N2O2S2-. The zero-order chi connectivity index (χ0) is 15.5. The van der Waals surface area contributed by atoms with Crippen molar-refractivity contribution in [2.45, 2.75) is 23.6 Å². The molecule has 0 aliphatic carbocycles. The van der Waals surface area contributed by atoms with E-state index in [-0.39, 0.29) is 0 Å². The second-order valence-corrected chi connectivity index (χ2v) is 6.76. The monoisotopic (exact) mass is 329 g/mol. The Morgan fingerprint density at radius 2 is 2.09 bits per heavy atom. The first-order chi connectivity index (χ1) is 10.7. The first kappa shape index (κ1) is 15.0. The molecule has 22 heavy (non-hydrogen) atoms. The van der Waals surface area contributed by atoms with Crippen LogP contribution in [-0.2, 0) is 4.79 Å². The lowest BCUT2D eigenvalue weighted by atomic mass is 10.1. The van der Waals surface area contributed by atoms with E-state index in [1.165, 1.54) is 29.4 Å². The molecule has 0 unspecified atom stereocenters. The lowest BCUT2D eigenvalue weighted by Crippen LogP contribution is -2.33. The van der Waals surface area contributed by atoms with Crippen molar-refractivity contribution in [3.05, 3.63) is 42.0 Å². The second-order valence-electron chi connectivity index (χ2n) is 4.71. The molecule has 1 aromatic carbocycles. The Bertz CT molecular complexity index is 802. The minimum absolute atomic E-state index is 0.489. The van der Waals surface area contributed by atoms with Crippen molar-refractivity contribution in [2.75, 3.05) is 0 Å². The van der Waals surface area contributed by atoms with Crippen molar-refractivity contribution in [2.24, 2.45) is 0 Å². The number of carboxylic acids is 1. The van der Waals surface area contributed by atoms with Crippen molar-refractivity contribution in [3.63, 3.8) is 0 Å². The molecule has 0 spiro atoms. The molecule has 3 aromatic rings. The van der Waals surface area contributed by atoms with Gasteiger partial charge in [-0.3, -0.25) is 0 Å². The number of fused-ring (bicyclic) bond motifs is 1. The summed E-state index contributed by atoms with van der Waals surface area (Å²) < 4.78 is 0. The Morgan fingerprint density at radius 3 is 2.77 bits per heavy atom. The van der Waals surface area contributed by atoms with Gasteiger partial charge in [-0.1, -0.05) is 49.0 Å². The summed E-state index contributed by atoms with van der Waals surface area (Å²) in [6.07, 6.45) is 1.97. The van der Waals surface area contributed by atoms with Gasteiger partial charge >= 0.3 is 0 Å². The zero-order valence-corrected chi connectivity index (χ0v) is 13.5. The van der Waals surface area contributed by atoms with Crippen LogP contribution in [0.15, 0.2) is 47.1 Å². The summed E-state index contributed by atoms with van der Waals surface area (Å²) in [7, 11) is 0. The van der Waals surface area contributed by atoms with Crippen LogP contribution < -0.4 is 5.11 Å². The molecule has 0 aliphatic rings. The highest BCUT2D eigenvalue weighted by molar-refractivity contribution is 8.00. The Kier molecular flexibility index (Phi) is 4.40. The average molecular weight is 329 g/mol. The number of benzene rings is 1. The third kappa shape index (κ3) is 2.84. The molecule has 0 radical (unpaired) electrons. The normalized spacial score (nSPS) is 12.4. The minimum atomic E-state index is -1.06. The molecule has 0 bridgehead atoms. The van der Waals surface area contributed by atoms with E-state index in [2.05, 4.69) is 9.97 Å². The van der Waals surface area contributed by atoms with Crippen LogP contribution in [0.2, 0.25) is 0 Å². The molecule has 3 rings (SSSR count). The molecule has 0 N–H and O–H groups in total. The fourth-order valence-electron chi connectivity index (χ4n) is 2.20. The van der Waals surface area contributed by atoms with Crippen molar-refractivity contribution < 1.29 is 9.90 Å². The predicted molar refractivity (Wildman–Crippen MR) is 87.8 cm³/mol. The van der Waals surface area contributed by atoms with Crippen LogP contribution >= 0.6 is 23.1 Å². The van der Waals surface area contributed by atoms with Crippen molar-refractivity contribution >= 4 is 39.3 Å². The number of aliphatic carboxylic acids is 1. The smallest absolute Gasteiger partial charge is 0.128 e. The Balaban J connectivity index is 2.11. The van der Waals surface area contributed by atoms with E-state index in [0.717, 1.165) is 21.3 Å². The number of thioether (sulfide) groups is 1. The van der Waals surface area contributed by atoms with E-state index in [1.54, 1.807) is 0 Å². The van der Waals surface area contributed by atoms with Gasteiger partial charge in [-0.25, -0.2) is 9.97 Å². The molecule has 1 atom stereocenters. The van der Waals surface area contributed by atoms with Crippen LogP contribution in [0.3, 0.4) is 0 Å². The van der Waals surface area contributed by atoms with E-state index in [9.17, 15) is 9.90 Å². The molecule has 0 amide bonds. The summed E-state index contributed by atoms with van der Waals surface area (Å²) in [5.74, 6) is -1.06. The largest absolute Gasteiger partial charge is 0.549 e. The Labute approximate surface area is 136 Å². The summed E-state index contributed by atoms with van der Waals surface area (Å²) in [6.45, 7) is 1.83. The summed E-state index contributed by atoms with van der Waals surface area (Å²) >= 11 is 2.77. The van der Waals surface area contributed by atoms with Crippen molar-refractivity contribution in [1.82, 2.24) is 9.97 Å². The summed E-state index contributed by atoms with van der Waals surface area (Å²) in [4.78, 5) is 20.7. The highest BCUT2D eigenvalue weighted by Gasteiger charge is 2.17. The van der Waals surface area contributed by atoms with Crippen LogP contribution in [0.4, 0.5) is 0 Å². The predicted octanol–water partition coefficient (Wildman–Crippen LogP) is 2.98. The van der Waals surface area contributed by atoms with Gasteiger partial charge in [0.1, 0.15) is 16.2 Å². The number of carbonyl (C=O) groups excluding carboxylic acids is 1. The van der Waals surface area contributed by atoms with Crippen LogP contribution in [0, 0.1) is 0 Å². The first-order valence-electron chi connectivity index (χ1n) is 6.85. The van der Waals surface area contributed by atoms with Gasteiger partial charge in [0.25, 0.3) is 0 Å². The van der Waals surface area contributed by atoms with Gasteiger partial charge in [-0.05, 0) is 12.0 Å². The molecule has 112 valence electrons. The first-order valence-corrected chi connectivity index (χ1v) is 8.61. The van der Waals surface area contributed by atoms with E-state index in [0.29, 0.717) is 11.4 Å². The van der Waals surface area contributed by atoms with E-state index >= 15 is 0 Å². The quantitative estimate of drug-likeness (QED) is 0.532. The van der Waals surface area contributed by atoms with Crippen LogP contribution in [0.1, 0.15) is 13.3 Å². The molecule has 0 saturated carbocycles. The van der Waals surface area contributed by atoms with Crippen LogP contribution in [0.25, 0.3) is 21.3 Å². The second kappa shape index (κ2) is 6.46. The van der Waals surface area contributed by atoms with Gasteiger partial charge in [-0.15, -0.1) is 11.3 Å². The number of thiophene rings is 1. The highest BCUT2D eigenvalue weighted by Crippen LogP contribution is 2.39. The zero-order valence-electron chi connectivity index (χ0n) is 11.9. The maximum absolute atomic E-state index is 11.2. The minimum Gasteiger partial charge on any atom is -0.549 e. The highest BCUT2D eigenvalue weighted by atomic mass is 32.2. The number of hydrogen-bond donors (Lipinski definition) is 0. The van der Waals surface area contributed by atoms with E-state index < -0.39 is 11.2 Å². The van der Waals surface area contributed by atoms with Crippen LogP contribution in [0.5, 0.6) is 0 Å². The third-order valence-corrected chi connectivity index (χ3v) is 5.54. The summed E-state index contributed by atoms with van der Waals surface area (Å²) in [5, 5.41) is 14.2. The van der Waals surface area contributed by atoms with Gasteiger partial charge in [0.05, 0.1) is 16.6 Å². The average Bonchev–Trinajstić information content (AvgIpc) is 2.98. The van der Waals surface area contributed by atoms with Crippen LogP contribution in [-0.4, -0.2) is 21.2 Å². The number of aromatic nitrogens is 2. The van der Waals surface area contributed by atoms with Gasteiger partial charge in [-0.2, -0.15) is 0 Å².